The number of para-hydroxylation sites is 1. The first-order chi connectivity index (χ1) is 17.1. The van der Waals surface area contributed by atoms with Gasteiger partial charge in [0.15, 0.2) is 0 Å². The van der Waals surface area contributed by atoms with Crippen LogP contribution in [0.2, 0.25) is 0 Å². The number of aromatic nitrogens is 1. The molecule has 2 heteroatoms. The summed E-state index contributed by atoms with van der Waals surface area (Å²) in [7, 11) is 0. The lowest BCUT2D eigenvalue weighted by atomic mass is 9.82. The molecule has 4 aromatic carbocycles. The maximum atomic E-state index is 6.79. The number of hydrogen-bond donors (Lipinski definition) is 0. The highest BCUT2D eigenvalue weighted by atomic mass is 16.3. The molecule has 2 heterocycles. The summed E-state index contributed by atoms with van der Waals surface area (Å²) in [5.41, 5.74) is 10.0. The third kappa shape index (κ3) is 3.43. The predicted octanol–water partition coefficient (Wildman–Crippen LogP) is 9.99. The lowest BCUT2D eigenvalue weighted by Gasteiger charge is -2.23. The number of nitrogens with zero attached hydrogens (tertiary/aromatic N) is 1. The number of furan rings is 1. The zero-order valence-electron chi connectivity index (χ0n) is 22.3. The third-order valence-corrected chi connectivity index (χ3v) is 7.47. The molecule has 0 saturated heterocycles. The van der Waals surface area contributed by atoms with Crippen LogP contribution in [0.3, 0.4) is 0 Å². The zero-order valence-corrected chi connectivity index (χ0v) is 22.3. The molecular weight excluding hydrogens is 438 g/mol. The minimum absolute atomic E-state index is 0.00201. The van der Waals surface area contributed by atoms with Crippen molar-refractivity contribution in [3.63, 3.8) is 0 Å². The number of pyridine rings is 1. The molecule has 0 aliphatic heterocycles. The van der Waals surface area contributed by atoms with E-state index in [9.17, 15) is 0 Å². The van der Waals surface area contributed by atoms with Gasteiger partial charge in [0.1, 0.15) is 11.2 Å². The second-order valence-corrected chi connectivity index (χ2v) is 11.6. The van der Waals surface area contributed by atoms with Gasteiger partial charge in [0, 0.05) is 16.3 Å². The van der Waals surface area contributed by atoms with E-state index in [1.807, 2.05) is 0 Å². The Labute approximate surface area is 213 Å². The van der Waals surface area contributed by atoms with Crippen LogP contribution in [0.25, 0.3) is 54.9 Å². The van der Waals surface area contributed by atoms with Crippen molar-refractivity contribution in [2.75, 3.05) is 0 Å². The van der Waals surface area contributed by atoms with Crippen molar-refractivity contribution in [2.45, 2.75) is 59.8 Å². The Morgan fingerprint density at radius 2 is 1.53 bits per heavy atom. The highest BCUT2D eigenvalue weighted by Crippen LogP contribution is 2.44. The zero-order chi connectivity index (χ0) is 25.4. The van der Waals surface area contributed by atoms with Crippen LogP contribution in [0.1, 0.15) is 62.8 Å². The van der Waals surface area contributed by atoms with Gasteiger partial charge in [-0.1, -0.05) is 83.1 Å². The van der Waals surface area contributed by atoms with Crippen LogP contribution in [0.4, 0.5) is 0 Å². The van der Waals surface area contributed by atoms with Gasteiger partial charge in [0.2, 0.25) is 0 Å². The van der Waals surface area contributed by atoms with Crippen LogP contribution in [0, 0.1) is 13.8 Å². The van der Waals surface area contributed by atoms with Crippen LogP contribution in [-0.2, 0) is 5.41 Å². The minimum Gasteiger partial charge on any atom is -0.455 e. The average molecular weight is 472 g/mol. The van der Waals surface area contributed by atoms with Crippen molar-refractivity contribution in [3.05, 3.63) is 89.0 Å². The fourth-order valence-corrected chi connectivity index (χ4v) is 5.79. The van der Waals surface area contributed by atoms with E-state index in [-0.39, 0.29) is 5.41 Å². The van der Waals surface area contributed by atoms with E-state index in [2.05, 4.69) is 115 Å². The normalized spacial score (nSPS) is 12.6. The largest absolute Gasteiger partial charge is 0.455 e. The summed E-state index contributed by atoms with van der Waals surface area (Å²) in [6.07, 6.45) is 0. The second-order valence-electron chi connectivity index (χ2n) is 11.6. The lowest BCUT2D eigenvalue weighted by Crippen LogP contribution is -2.12. The summed E-state index contributed by atoms with van der Waals surface area (Å²) < 4.78 is 6.79. The van der Waals surface area contributed by atoms with Gasteiger partial charge in [-0.05, 0) is 76.4 Å². The highest BCUT2D eigenvalue weighted by Gasteiger charge is 2.24. The number of benzene rings is 4. The fourth-order valence-electron chi connectivity index (χ4n) is 5.79. The summed E-state index contributed by atoms with van der Waals surface area (Å²) in [6.45, 7) is 15.6. The van der Waals surface area contributed by atoms with Gasteiger partial charge < -0.3 is 4.42 Å². The summed E-state index contributed by atoms with van der Waals surface area (Å²) in [5.74, 6) is 0.369. The Hall–Kier alpha value is -3.65. The lowest BCUT2D eigenvalue weighted by molar-refractivity contribution is 0.596. The number of fused-ring (bicyclic) bond motifs is 6. The van der Waals surface area contributed by atoms with Crippen molar-refractivity contribution in [1.82, 2.24) is 4.98 Å². The molecule has 6 aromatic rings. The molecule has 36 heavy (non-hydrogen) atoms. The molecular formula is C34H33NO. The van der Waals surface area contributed by atoms with Crippen LogP contribution in [-0.4, -0.2) is 4.98 Å². The van der Waals surface area contributed by atoms with Crippen molar-refractivity contribution < 1.29 is 4.42 Å². The van der Waals surface area contributed by atoms with E-state index in [0.29, 0.717) is 5.92 Å². The predicted molar refractivity (Wildman–Crippen MR) is 154 cm³/mol. The standard InChI is InChI=1S/C34H33NO/c1-19(2)24-13-10-14-26-30-31(23-17-22-11-8-9-12-25(22)27(18-23)34(5,6)7)35-28-16-20(3)15-21(4)29(28)33(30)36-32(24)26/h8-19H,1-7H3. The molecule has 0 saturated carbocycles. The number of aryl methyl sites for hydroxylation is 2. The average Bonchev–Trinajstić information content (AvgIpc) is 3.21. The maximum Gasteiger partial charge on any atom is 0.147 e. The Morgan fingerprint density at radius 1 is 0.778 bits per heavy atom. The van der Waals surface area contributed by atoms with Gasteiger partial charge in [-0.15, -0.1) is 0 Å². The Morgan fingerprint density at radius 3 is 2.28 bits per heavy atom. The quantitative estimate of drug-likeness (QED) is 0.251. The van der Waals surface area contributed by atoms with E-state index in [1.165, 1.54) is 33.0 Å². The number of rotatable bonds is 2. The van der Waals surface area contributed by atoms with E-state index in [0.717, 1.165) is 44.1 Å². The molecule has 2 nitrogen and oxygen atoms in total. The molecule has 180 valence electrons. The molecule has 0 bridgehead atoms. The molecule has 0 unspecified atom stereocenters. The van der Waals surface area contributed by atoms with Crippen LogP contribution >= 0.6 is 0 Å². The van der Waals surface area contributed by atoms with Gasteiger partial charge in [-0.25, -0.2) is 4.98 Å². The summed E-state index contributed by atoms with van der Waals surface area (Å²) in [4.78, 5) is 5.36. The topological polar surface area (TPSA) is 26.0 Å². The van der Waals surface area contributed by atoms with Gasteiger partial charge in [0.05, 0.1) is 16.6 Å². The summed E-state index contributed by atoms with van der Waals surface area (Å²) in [6, 6.07) is 24.3. The summed E-state index contributed by atoms with van der Waals surface area (Å²) in [5, 5.41) is 5.91. The van der Waals surface area contributed by atoms with Gasteiger partial charge in [-0.3, -0.25) is 0 Å². The Balaban J connectivity index is 1.83. The molecule has 0 spiro atoms. The SMILES string of the molecule is Cc1cc(C)c2c(c1)nc(-c1cc(C(C)(C)C)c3ccccc3c1)c1c3cccc(C(C)C)c3oc21. The Bertz CT molecular complexity index is 1810. The first-order valence-electron chi connectivity index (χ1n) is 12.9. The summed E-state index contributed by atoms with van der Waals surface area (Å²) >= 11 is 0. The van der Waals surface area contributed by atoms with Crippen LogP contribution in [0.15, 0.2) is 71.1 Å². The van der Waals surface area contributed by atoms with Gasteiger partial charge in [-0.2, -0.15) is 0 Å². The van der Waals surface area contributed by atoms with E-state index >= 15 is 0 Å². The Kier molecular flexibility index (Phi) is 5.02. The minimum atomic E-state index is 0.00201. The molecule has 0 atom stereocenters. The van der Waals surface area contributed by atoms with Crippen LogP contribution in [0.5, 0.6) is 0 Å². The first kappa shape index (κ1) is 22.8. The molecule has 0 amide bonds. The molecule has 6 rings (SSSR count). The highest BCUT2D eigenvalue weighted by molar-refractivity contribution is 6.20. The van der Waals surface area contributed by atoms with Gasteiger partial charge >= 0.3 is 0 Å². The van der Waals surface area contributed by atoms with E-state index in [1.54, 1.807) is 0 Å². The molecule has 0 N–H and O–H groups in total. The molecule has 0 radical (unpaired) electrons. The number of hydrogen-bond acceptors (Lipinski definition) is 2. The van der Waals surface area contributed by atoms with Crippen molar-refractivity contribution in [2.24, 2.45) is 0 Å². The molecule has 0 fully saturated rings. The van der Waals surface area contributed by atoms with E-state index in [4.69, 9.17) is 9.40 Å². The van der Waals surface area contributed by atoms with Crippen LogP contribution < -0.4 is 0 Å². The molecule has 0 aliphatic carbocycles. The molecule has 0 aliphatic rings. The van der Waals surface area contributed by atoms with Crippen molar-refractivity contribution in [3.8, 4) is 11.3 Å². The van der Waals surface area contributed by atoms with Crippen molar-refractivity contribution >= 4 is 43.6 Å². The molecule has 2 aromatic heterocycles. The second kappa shape index (κ2) is 7.93. The maximum absolute atomic E-state index is 6.79. The smallest absolute Gasteiger partial charge is 0.147 e. The van der Waals surface area contributed by atoms with Crippen molar-refractivity contribution in [1.29, 1.82) is 0 Å². The monoisotopic (exact) mass is 471 g/mol. The van der Waals surface area contributed by atoms with E-state index < -0.39 is 0 Å². The first-order valence-corrected chi connectivity index (χ1v) is 12.9. The third-order valence-electron chi connectivity index (χ3n) is 7.47. The van der Waals surface area contributed by atoms with Gasteiger partial charge in [0.25, 0.3) is 0 Å². The fraction of sp³-hybridized carbons (Fsp3) is 0.265.